The molecule has 0 saturated heterocycles. The summed E-state index contributed by atoms with van der Waals surface area (Å²) < 4.78 is 1.09. The van der Waals surface area contributed by atoms with E-state index in [9.17, 15) is 0 Å². The predicted octanol–water partition coefficient (Wildman–Crippen LogP) is 3.43. The van der Waals surface area contributed by atoms with Crippen molar-refractivity contribution >= 4 is 26.7 Å². The zero-order chi connectivity index (χ0) is 6.97. The molecule has 1 aromatic carbocycles. The van der Waals surface area contributed by atoms with Gasteiger partial charge >= 0.3 is 31.1 Å². The summed E-state index contributed by atoms with van der Waals surface area (Å²) >= 11 is 1.41. The summed E-state index contributed by atoms with van der Waals surface area (Å²) in [4.78, 5) is 4.00. The average Bonchev–Trinajstić information content (AvgIpc) is 2.27. The van der Waals surface area contributed by atoms with Crippen LogP contribution < -0.4 is 0 Å². The third-order valence-corrected chi connectivity index (χ3v) is 2.14. The first kappa shape index (κ1) is 12.0. The van der Waals surface area contributed by atoms with Crippen molar-refractivity contribution in [3.63, 3.8) is 0 Å². The summed E-state index contributed by atoms with van der Waals surface area (Å²) in [5.41, 5.74) is 8.16. The van der Waals surface area contributed by atoms with Gasteiger partial charge < -0.3 is 18.1 Å². The van der Waals surface area contributed by atoms with E-state index in [1.807, 2.05) is 24.3 Å². The number of nitrogens with one attached hydrogen (secondary N) is 1. The second-order valence-electron chi connectivity index (χ2n) is 1.99. The molecule has 1 N–H and O–H groups in total. The molecule has 0 atom stereocenters. The van der Waals surface area contributed by atoms with Crippen LogP contribution >= 0.6 is 11.3 Å². The average molecular weight is 402 g/mol. The van der Waals surface area contributed by atoms with Crippen LogP contribution in [0.2, 0.25) is 0 Å². The predicted molar refractivity (Wildman–Crippen MR) is 50.0 cm³/mol. The van der Waals surface area contributed by atoms with Crippen molar-refractivity contribution in [2.75, 3.05) is 0 Å². The molecule has 0 radical (unpaired) electrons. The SMILES string of the molecule is [CH3-].[NH-]c1nc2ccccc2s1.[U+2]. The van der Waals surface area contributed by atoms with Gasteiger partial charge in [0.1, 0.15) is 0 Å². The fourth-order valence-electron chi connectivity index (χ4n) is 0.872. The molecule has 12 heavy (non-hydrogen) atoms. The molecule has 60 valence electrons. The minimum absolute atomic E-state index is 0. The quantitative estimate of drug-likeness (QED) is 0.623. The summed E-state index contributed by atoms with van der Waals surface area (Å²) in [7, 11) is 0. The van der Waals surface area contributed by atoms with Crippen LogP contribution in [0, 0.1) is 38.5 Å². The van der Waals surface area contributed by atoms with Crippen LogP contribution in [-0.2, 0) is 0 Å². The normalized spacial score (nSPS) is 8.67. The number of aromatic nitrogens is 1. The Morgan fingerprint density at radius 1 is 1.25 bits per heavy atom. The van der Waals surface area contributed by atoms with Crippen LogP contribution in [0.1, 0.15) is 0 Å². The van der Waals surface area contributed by atoms with Gasteiger partial charge in [0.15, 0.2) is 0 Å². The van der Waals surface area contributed by atoms with Gasteiger partial charge in [-0.15, -0.1) is 11.3 Å². The molecule has 0 aliphatic rings. The number of hydrogen-bond acceptors (Lipinski definition) is 2. The maximum Gasteiger partial charge on any atom is 2.00 e. The van der Waals surface area contributed by atoms with Gasteiger partial charge in [-0.25, -0.2) is 0 Å². The molecule has 4 heteroatoms. The maximum atomic E-state index is 7.23. The number of para-hydroxylation sites is 1. The first-order valence-corrected chi connectivity index (χ1v) is 3.75. The number of nitrogens with zero attached hydrogens (tertiary/aromatic N) is 1. The molecule has 0 fully saturated rings. The zero-order valence-electron chi connectivity index (χ0n) is 6.66. The Labute approximate surface area is 99.6 Å². The Morgan fingerprint density at radius 2 is 1.92 bits per heavy atom. The Balaban J connectivity index is 0.000000605. The van der Waals surface area contributed by atoms with E-state index in [1.165, 1.54) is 11.3 Å². The second-order valence-corrected chi connectivity index (χ2v) is 3.02. The van der Waals surface area contributed by atoms with Gasteiger partial charge in [0.05, 0.1) is 0 Å². The van der Waals surface area contributed by atoms with Crippen molar-refractivity contribution in [1.29, 1.82) is 0 Å². The summed E-state index contributed by atoms with van der Waals surface area (Å²) in [6.45, 7) is 0. The van der Waals surface area contributed by atoms with Crippen molar-refractivity contribution in [2.45, 2.75) is 0 Å². The van der Waals surface area contributed by atoms with Crippen LogP contribution in [0.15, 0.2) is 24.3 Å². The van der Waals surface area contributed by atoms with Crippen LogP contribution in [0.25, 0.3) is 16.0 Å². The van der Waals surface area contributed by atoms with Gasteiger partial charge in [0.25, 0.3) is 0 Å². The number of fused-ring (bicyclic) bond motifs is 1. The Hall–Kier alpha value is -0.0381. The topological polar surface area (TPSA) is 36.7 Å². The molecule has 2 rings (SSSR count). The van der Waals surface area contributed by atoms with Crippen molar-refractivity contribution in [2.24, 2.45) is 0 Å². The van der Waals surface area contributed by atoms with E-state index >= 15 is 0 Å². The molecule has 2 nitrogen and oxygen atoms in total. The minimum atomic E-state index is 0. The molecule has 1 aromatic heterocycles. The number of benzene rings is 1. The maximum absolute atomic E-state index is 7.23. The number of rotatable bonds is 0. The molecule has 0 saturated carbocycles. The Morgan fingerprint density at radius 3 is 2.58 bits per heavy atom. The molecular weight excluding hydrogens is 394 g/mol. The van der Waals surface area contributed by atoms with E-state index < -0.39 is 0 Å². The first-order valence-electron chi connectivity index (χ1n) is 2.93. The monoisotopic (exact) mass is 402 g/mol. The molecule has 0 aliphatic carbocycles. The second kappa shape index (κ2) is 4.86. The van der Waals surface area contributed by atoms with Gasteiger partial charge in [0, 0.05) is 4.70 Å². The van der Waals surface area contributed by atoms with E-state index in [1.54, 1.807) is 0 Å². The summed E-state index contributed by atoms with van der Waals surface area (Å²) in [6.07, 6.45) is 0. The third-order valence-electron chi connectivity index (χ3n) is 1.29. The van der Waals surface area contributed by atoms with E-state index in [4.69, 9.17) is 5.73 Å². The molecule has 0 amide bonds. The van der Waals surface area contributed by atoms with Crippen LogP contribution in [0.4, 0.5) is 5.13 Å². The summed E-state index contributed by atoms with van der Waals surface area (Å²) in [6, 6.07) is 7.79. The van der Waals surface area contributed by atoms with Crippen molar-refractivity contribution in [1.82, 2.24) is 4.98 Å². The smallest absolute Gasteiger partial charge is 0.473 e. The van der Waals surface area contributed by atoms with Crippen LogP contribution in [0.5, 0.6) is 0 Å². The van der Waals surface area contributed by atoms with Gasteiger partial charge in [-0.1, -0.05) is 18.2 Å². The molecule has 0 spiro atoms. The van der Waals surface area contributed by atoms with Crippen LogP contribution in [-0.4, -0.2) is 4.98 Å². The first-order chi connectivity index (χ1) is 4.86. The van der Waals surface area contributed by atoms with Crippen LogP contribution in [0.3, 0.4) is 0 Å². The van der Waals surface area contributed by atoms with E-state index in [2.05, 4.69) is 4.98 Å². The van der Waals surface area contributed by atoms with Crippen molar-refractivity contribution < 1.29 is 31.1 Å². The van der Waals surface area contributed by atoms with Gasteiger partial charge in [-0.2, -0.15) is 0 Å². The van der Waals surface area contributed by atoms with Crippen molar-refractivity contribution in [3.8, 4) is 0 Å². The zero-order valence-corrected chi connectivity index (χ0v) is 11.6. The third kappa shape index (κ3) is 2.23. The van der Waals surface area contributed by atoms with Crippen molar-refractivity contribution in [3.05, 3.63) is 37.4 Å². The Bertz CT molecular complexity index is 326. The molecule has 2 aromatic rings. The standard InChI is InChI=1S/C7H5N2S.CH3.U/c8-7-9-5-3-1-2-4-6(5)10-7;;/h1-4H,(H-,8,9);1H3;/q2*-1;+2. The van der Waals surface area contributed by atoms with Gasteiger partial charge in [-0.05, 0) is 16.7 Å². The fourth-order valence-corrected chi connectivity index (χ4v) is 1.59. The minimum Gasteiger partial charge on any atom is -0.473 e. The molecular formula is C8H8N2SU. The molecule has 0 unspecified atom stereocenters. The van der Waals surface area contributed by atoms with E-state index in [0.29, 0.717) is 5.13 Å². The molecule has 0 bridgehead atoms. The van der Waals surface area contributed by atoms with Gasteiger partial charge in [0.2, 0.25) is 0 Å². The summed E-state index contributed by atoms with van der Waals surface area (Å²) in [5, 5.41) is 0.390. The number of thiazole rings is 1. The fraction of sp³-hybridized carbons (Fsp3) is 0. The number of hydrogen-bond donors (Lipinski definition) is 0. The largest absolute Gasteiger partial charge is 2.00 e. The Kier molecular flexibility index (Phi) is 4.84. The van der Waals surface area contributed by atoms with E-state index in [0.717, 1.165) is 10.2 Å². The summed E-state index contributed by atoms with van der Waals surface area (Å²) in [5.74, 6) is 0. The molecule has 0 aliphatic heterocycles. The van der Waals surface area contributed by atoms with Gasteiger partial charge in [-0.3, -0.25) is 0 Å². The van der Waals surface area contributed by atoms with E-state index in [-0.39, 0.29) is 38.5 Å². The molecule has 1 heterocycles.